The number of amides is 1. The predicted octanol–water partition coefficient (Wildman–Crippen LogP) is 0.730. The maximum Gasteiger partial charge on any atom is 0.254 e. The van der Waals surface area contributed by atoms with E-state index in [0.29, 0.717) is 25.6 Å². The summed E-state index contributed by atoms with van der Waals surface area (Å²) in [7, 11) is 0. The van der Waals surface area contributed by atoms with Gasteiger partial charge in [-0.2, -0.15) is 0 Å². The molecule has 0 radical (unpaired) electrons. The van der Waals surface area contributed by atoms with Crippen molar-refractivity contribution in [2.75, 3.05) is 32.8 Å². The number of ether oxygens (including phenoxy) is 1. The second kappa shape index (κ2) is 8.13. The van der Waals surface area contributed by atoms with Gasteiger partial charge in [-0.05, 0) is 13.0 Å². The molecule has 1 aromatic rings. The van der Waals surface area contributed by atoms with Gasteiger partial charge in [0.05, 0.1) is 24.8 Å². The maximum atomic E-state index is 12.4. The molecule has 2 heterocycles. The van der Waals surface area contributed by atoms with Crippen molar-refractivity contribution in [2.45, 2.75) is 19.4 Å². The number of ketones is 1. The number of nitrogens with one attached hydrogen (secondary N) is 1. The average molecular weight is 342 g/mol. The Bertz CT molecular complexity index is 691. The van der Waals surface area contributed by atoms with Crippen LogP contribution in [0.25, 0.3) is 0 Å². The normalized spacial score (nSPS) is 19.4. The van der Waals surface area contributed by atoms with Gasteiger partial charge in [0.15, 0.2) is 5.78 Å². The molecule has 1 unspecified atom stereocenters. The lowest BCUT2D eigenvalue weighted by Gasteiger charge is -2.34. The lowest BCUT2D eigenvalue weighted by molar-refractivity contribution is -0.122. The van der Waals surface area contributed by atoms with Gasteiger partial charge in [0.25, 0.3) is 5.91 Å². The molecular formula is C18H22N4O3. The van der Waals surface area contributed by atoms with Crippen molar-refractivity contribution in [1.29, 1.82) is 0 Å². The summed E-state index contributed by atoms with van der Waals surface area (Å²) in [4.78, 5) is 35.0. The smallest absolute Gasteiger partial charge is 0.254 e. The number of rotatable bonds is 5. The van der Waals surface area contributed by atoms with Gasteiger partial charge in [-0.1, -0.05) is 12.2 Å². The molecule has 0 bridgehead atoms. The highest BCUT2D eigenvalue weighted by Gasteiger charge is 2.25. The molecule has 0 spiro atoms. The lowest BCUT2D eigenvalue weighted by Crippen LogP contribution is -2.44. The number of allylic oxidation sites excluding steroid dienone is 3. The van der Waals surface area contributed by atoms with Crippen molar-refractivity contribution in [3.8, 4) is 0 Å². The third kappa shape index (κ3) is 4.37. The van der Waals surface area contributed by atoms with Crippen LogP contribution in [0.15, 0.2) is 36.2 Å². The number of Topliss-reactive ketones (excluding diaryl/α,β-unsaturated/α-hetero) is 1. The summed E-state index contributed by atoms with van der Waals surface area (Å²) in [5, 5.41) is 2.89. The predicted molar refractivity (Wildman–Crippen MR) is 91.8 cm³/mol. The largest absolute Gasteiger partial charge is 0.379 e. The number of nitrogens with zero attached hydrogens (tertiary/aromatic N) is 3. The Balaban J connectivity index is 1.72. The minimum atomic E-state index is -0.333. The minimum absolute atomic E-state index is 0.0525. The Morgan fingerprint density at radius 3 is 2.72 bits per heavy atom. The van der Waals surface area contributed by atoms with E-state index in [4.69, 9.17) is 4.74 Å². The van der Waals surface area contributed by atoms with Gasteiger partial charge < -0.3 is 10.1 Å². The summed E-state index contributed by atoms with van der Waals surface area (Å²) in [6.07, 6.45) is 8.92. The molecule has 1 aromatic heterocycles. The Kier molecular flexibility index (Phi) is 5.67. The first-order chi connectivity index (χ1) is 12.1. The van der Waals surface area contributed by atoms with Crippen LogP contribution in [0.3, 0.4) is 0 Å². The van der Waals surface area contributed by atoms with Gasteiger partial charge in [0.1, 0.15) is 5.82 Å². The van der Waals surface area contributed by atoms with E-state index < -0.39 is 0 Å². The summed E-state index contributed by atoms with van der Waals surface area (Å²) >= 11 is 0. The Labute approximate surface area is 146 Å². The van der Waals surface area contributed by atoms with E-state index in [9.17, 15) is 9.59 Å². The van der Waals surface area contributed by atoms with Crippen molar-refractivity contribution in [3.05, 3.63) is 47.6 Å². The van der Waals surface area contributed by atoms with Crippen LogP contribution in [0, 0.1) is 6.92 Å². The average Bonchev–Trinajstić information content (AvgIpc) is 2.64. The second-order valence-electron chi connectivity index (χ2n) is 6.07. The fraction of sp³-hybridized carbons (Fsp3) is 0.444. The van der Waals surface area contributed by atoms with E-state index >= 15 is 0 Å². The van der Waals surface area contributed by atoms with E-state index in [0.717, 1.165) is 18.7 Å². The lowest BCUT2D eigenvalue weighted by atomic mass is 10.0. The Hall–Kier alpha value is -2.38. The van der Waals surface area contributed by atoms with Gasteiger partial charge >= 0.3 is 0 Å². The first kappa shape index (κ1) is 17.4. The fourth-order valence-corrected chi connectivity index (χ4v) is 2.95. The molecule has 1 amide bonds. The Morgan fingerprint density at radius 2 is 2.04 bits per heavy atom. The summed E-state index contributed by atoms with van der Waals surface area (Å²) in [6, 6.07) is -0.0525. The molecule has 2 aliphatic rings. The van der Waals surface area contributed by atoms with E-state index in [1.54, 1.807) is 30.6 Å². The number of aryl methyl sites for hydroxylation is 1. The van der Waals surface area contributed by atoms with Crippen LogP contribution in [-0.2, 0) is 14.3 Å². The van der Waals surface area contributed by atoms with Crippen LogP contribution in [-0.4, -0.2) is 59.4 Å². The minimum Gasteiger partial charge on any atom is -0.379 e. The summed E-state index contributed by atoms with van der Waals surface area (Å²) in [5.41, 5.74) is 1.15. The second-order valence-corrected chi connectivity index (χ2v) is 6.07. The fourth-order valence-electron chi connectivity index (χ4n) is 2.95. The van der Waals surface area contributed by atoms with Crippen LogP contribution in [0.4, 0.5) is 0 Å². The number of hydrogen-bond acceptors (Lipinski definition) is 6. The number of hydrogen-bond donors (Lipinski definition) is 1. The molecule has 1 fully saturated rings. The van der Waals surface area contributed by atoms with Crippen LogP contribution < -0.4 is 5.32 Å². The highest BCUT2D eigenvalue weighted by Crippen LogP contribution is 2.20. The van der Waals surface area contributed by atoms with Gasteiger partial charge in [-0.15, -0.1) is 0 Å². The standard InChI is InChI=1S/C18H22N4O3/c1-13-19-10-14(11-20-13)16(22-6-8-25-9-7-22)12-21-18(24)15-4-2-3-5-17(15)23/h2-4,10-11,16H,5-9,12H2,1H3,(H,21,24). The molecule has 1 aliphatic carbocycles. The zero-order chi connectivity index (χ0) is 17.6. The van der Waals surface area contributed by atoms with Crippen molar-refractivity contribution in [2.24, 2.45) is 0 Å². The van der Waals surface area contributed by atoms with Gasteiger partial charge in [0, 0.05) is 44.0 Å². The van der Waals surface area contributed by atoms with Crippen LogP contribution in [0.2, 0.25) is 0 Å². The molecule has 3 rings (SSSR count). The number of aromatic nitrogens is 2. The van der Waals surface area contributed by atoms with Crippen molar-refractivity contribution >= 4 is 11.7 Å². The molecule has 25 heavy (non-hydrogen) atoms. The summed E-state index contributed by atoms with van der Waals surface area (Å²) < 4.78 is 5.42. The molecule has 1 saturated heterocycles. The molecule has 0 saturated carbocycles. The zero-order valence-corrected chi connectivity index (χ0v) is 14.3. The molecule has 132 valence electrons. The van der Waals surface area contributed by atoms with Gasteiger partial charge in [-0.25, -0.2) is 9.97 Å². The van der Waals surface area contributed by atoms with E-state index in [2.05, 4.69) is 20.2 Å². The molecule has 7 nitrogen and oxygen atoms in total. The monoisotopic (exact) mass is 342 g/mol. The third-order valence-corrected chi connectivity index (χ3v) is 4.38. The molecule has 7 heteroatoms. The first-order valence-electron chi connectivity index (χ1n) is 8.43. The summed E-state index contributed by atoms with van der Waals surface area (Å²) in [6.45, 7) is 5.10. The van der Waals surface area contributed by atoms with E-state index in [1.807, 2.05) is 6.92 Å². The van der Waals surface area contributed by atoms with Crippen molar-refractivity contribution < 1.29 is 14.3 Å². The first-order valence-corrected chi connectivity index (χ1v) is 8.43. The topological polar surface area (TPSA) is 84.4 Å². The quantitative estimate of drug-likeness (QED) is 0.794. The molecule has 1 atom stereocenters. The maximum absolute atomic E-state index is 12.4. The number of carbonyl (C=O) groups is 2. The van der Waals surface area contributed by atoms with Crippen LogP contribution >= 0.6 is 0 Å². The number of morpholine rings is 1. The van der Waals surface area contributed by atoms with E-state index in [1.165, 1.54) is 0 Å². The highest BCUT2D eigenvalue weighted by atomic mass is 16.5. The van der Waals surface area contributed by atoms with Gasteiger partial charge in [-0.3, -0.25) is 14.5 Å². The SMILES string of the molecule is Cc1ncc(C(CNC(=O)C2=CC=CCC2=O)N2CCOCC2)cn1. The Morgan fingerprint density at radius 1 is 1.32 bits per heavy atom. The van der Waals surface area contributed by atoms with Crippen LogP contribution in [0.5, 0.6) is 0 Å². The third-order valence-electron chi connectivity index (χ3n) is 4.38. The van der Waals surface area contributed by atoms with E-state index in [-0.39, 0.29) is 29.7 Å². The van der Waals surface area contributed by atoms with Crippen molar-refractivity contribution in [3.63, 3.8) is 0 Å². The van der Waals surface area contributed by atoms with Crippen LogP contribution in [0.1, 0.15) is 23.9 Å². The number of carbonyl (C=O) groups excluding carboxylic acids is 2. The van der Waals surface area contributed by atoms with Gasteiger partial charge in [0.2, 0.25) is 0 Å². The zero-order valence-electron chi connectivity index (χ0n) is 14.3. The molecule has 0 aromatic carbocycles. The molecule has 1 aliphatic heterocycles. The summed E-state index contributed by atoms with van der Waals surface area (Å²) in [5.74, 6) is 0.223. The highest BCUT2D eigenvalue weighted by molar-refractivity contribution is 6.20. The molecular weight excluding hydrogens is 320 g/mol. The van der Waals surface area contributed by atoms with Crippen molar-refractivity contribution in [1.82, 2.24) is 20.2 Å². The molecule has 1 N–H and O–H groups in total.